The van der Waals surface area contributed by atoms with Gasteiger partial charge in [0, 0.05) is 206 Å². The van der Waals surface area contributed by atoms with Crippen LogP contribution in [0.3, 0.4) is 0 Å². The lowest BCUT2D eigenvalue weighted by atomic mass is 10.1. The summed E-state index contributed by atoms with van der Waals surface area (Å²) in [5, 5.41) is 15.3. The van der Waals surface area contributed by atoms with Crippen molar-refractivity contribution >= 4 is 307 Å². The van der Waals surface area contributed by atoms with Gasteiger partial charge in [-0.2, -0.15) is 0 Å². The third-order valence-corrected chi connectivity index (χ3v) is 36.3. The normalized spacial score (nSPS) is 12.5. The highest BCUT2D eigenvalue weighted by Gasteiger charge is 2.33. The van der Waals surface area contributed by atoms with Gasteiger partial charge in [-0.15, -0.1) is 45.3 Å². The highest BCUT2D eigenvalue weighted by atomic mass is 32.2. The van der Waals surface area contributed by atoms with E-state index in [0.717, 1.165) is 78.8 Å². The van der Waals surface area contributed by atoms with Gasteiger partial charge >= 0.3 is 0 Å². The first-order valence-electron chi connectivity index (χ1n) is 49.2. The Hall–Kier alpha value is -16.8. The maximum atomic E-state index is 6.18. The van der Waals surface area contributed by atoms with Crippen molar-refractivity contribution in [2.24, 2.45) is 0 Å². The molecule has 6 aromatic heterocycles. The van der Waals surface area contributed by atoms with Gasteiger partial charge in [0.15, 0.2) is 0 Å². The fourth-order valence-corrected chi connectivity index (χ4v) is 29.6. The molecule has 0 N–H and O–H groups in total. The van der Waals surface area contributed by atoms with Crippen LogP contribution in [0.2, 0.25) is 0 Å². The van der Waals surface area contributed by atoms with Gasteiger partial charge in [0.05, 0.1) is 45.2 Å². The summed E-state index contributed by atoms with van der Waals surface area (Å²) in [4.78, 5) is 21.8. The van der Waals surface area contributed by atoms with Crippen molar-refractivity contribution in [3.8, 4) is 5.69 Å². The van der Waals surface area contributed by atoms with E-state index < -0.39 is 0 Å². The predicted molar refractivity (Wildman–Crippen MR) is 633 cm³/mol. The second-order valence-electron chi connectivity index (χ2n) is 37.0. The van der Waals surface area contributed by atoms with Gasteiger partial charge in [-0.3, -0.25) is 0 Å². The maximum Gasteiger partial charge on any atom is 0.135 e. The molecule has 0 aliphatic carbocycles. The fraction of sp³-hybridized carbons (Fsp3) is 0. The standard InChI is InChI=1S/C48H31N3S2.C42H26N2OS2.C42H26N2S3/c1-2-12-32(13-3-1)49(33-22-24-34(25-23-33)50-41-17-7-4-14-37(41)38-15-5-8-18-42(38)50)35-27-29-44-48(31-35)53-46-21-11-9-19-43(46)51(44)36-26-28-40-39-16-6-10-20-45(39)52-47(40)30-36;1-2-10-27(11-3-1)43(28-20-23-38-34(24-28)31-12-4-7-15-37(31)45-38)29-19-22-36-42(26-29)47-40-17-9-6-14-35(40)44(36)30-18-21-33-32-13-5-8-16-39(32)46-41(33)25-30;1-2-10-27(11-3-1)43(28-20-23-39-34(24-28)32-13-5-8-16-38(32)45-39)29-19-22-36-42(26-29)47-40-17-9-6-14-35(40)44(36)30-18-21-33-31-12-4-7-15-37(31)46-41(33)25-30/h1-31H;2*1-26H. The molecule has 0 amide bonds. The van der Waals surface area contributed by atoms with Gasteiger partial charge in [0.25, 0.3) is 0 Å². The molecule has 0 saturated heterocycles. The van der Waals surface area contributed by atoms with Crippen molar-refractivity contribution < 1.29 is 4.42 Å². The van der Waals surface area contributed by atoms with Crippen molar-refractivity contribution in [3.05, 3.63) is 504 Å². The summed E-state index contributed by atoms with van der Waals surface area (Å²) in [6, 6.07) is 183. The molecule has 9 heterocycles. The third-order valence-electron chi connectivity index (χ3n) is 28.4. The lowest BCUT2D eigenvalue weighted by Gasteiger charge is -2.34. The van der Waals surface area contributed by atoms with Crippen LogP contribution in [0.4, 0.5) is 102 Å². The maximum absolute atomic E-state index is 6.18. The monoisotopic (exact) mass is 2010 g/mol. The first-order valence-corrected chi connectivity index (χ1v) is 54.9. The zero-order valence-corrected chi connectivity index (χ0v) is 84.5. The minimum atomic E-state index is 0.895. The Morgan fingerprint density at radius 2 is 0.429 bits per heavy atom. The summed E-state index contributed by atoms with van der Waals surface area (Å²) in [6.07, 6.45) is 0. The predicted octanol–water partition coefficient (Wildman–Crippen LogP) is 41.7. The molecule has 0 spiro atoms. The van der Waals surface area contributed by atoms with Crippen molar-refractivity contribution in [1.82, 2.24) is 4.57 Å². The van der Waals surface area contributed by atoms with E-state index in [1.54, 1.807) is 0 Å². The van der Waals surface area contributed by atoms with E-state index in [1.807, 2.05) is 92.8 Å². The first kappa shape index (κ1) is 86.8. The van der Waals surface area contributed by atoms with E-state index in [2.05, 4.69) is 525 Å². The van der Waals surface area contributed by atoms with Crippen LogP contribution in [0.25, 0.3) is 130 Å². The average molecular weight is 2010 g/mol. The zero-order valence-electron chi connectivity index (χ0n) is 78.8. The molecular weight excluding hydrogens is 1920 g/mol. The van der Waals surface area contributed by atoms with Gasteiger partial charge in [-0.05, 0) is 267 Å². The lowest BCUT2D eigenvalue weighted by Crippen LogP contribution is -2.16. The molecule has 8 nitrogen and oxygen atoms in total. The molecule has 28 aromatic rings. The molecule has 22 aromatic carbocycles. The van der Waals surface area contributed by atoms with Crippen LogP contribution in [0.1, 0.15) is 0 Å². The molecule has 147 heavy (non-hydrogen) atoms. The molecule has 3 aliphatic rings. The van der Waals surface area contributed by atoms with E-state index >= 15 is 0 Å². The minimum absolute atomic E-state index is 0.895. The summed E-state index contributed by atoms with van der Waals surface area (Å²) in [7, 11) is 0. The van der Waals surface area contributed by atoms with Crippen molar-refractivity contribution in [2.45, 2.75) is 29.4 Å². The summed E-state index contributed by atoms with van der Waals surface area (Å²) < 4.78 is 19.1. The molecule has 0 saturated carbocycles. The van der Waals surface area contributed by atoms with Gasteiger partial charge in [0.1, 0.15) is 11.2 Å². The highest BCUT2D eigenvalue weighted by Crippen LogP contribution is 2.60. The van der Waals surface area contributed by atoms with Gasteiger partial charge in [-0.1, -0.05) is 272 Å². The zero-order chi connectivity index (χ0) is 96.7. The number of nitrogens with zero attached hydrogens (tertiary/aromatic N) is 7. The Bertz CT molecular complexity index is 9670. The minimum Gasteiger partial charge on any atom is -0.456 e. The summed E-state index contributed by atoms with van der Waals surface area (Å²) in [5.41, 5.74) is 26.2. The number of aromatic nitrogens is 1. The Labute approximate surface area is 876 Å². The van der Waals surface area contributed by atoms with E-state index in [9.17, 15) is 0 Å². The number of fused-ring (bicyclic) bond motifs is 24. The van der Waals surface area contributed by atoms with Gasteiger partial charge in [-0.25, -0.2) is 0 Å². The molecule has 15 heteroatoms. The second-order valence-corrected chi connectivity index (χ2v) is 44.6. The van der Waals surface area contributed by atoms with Crippen LogP contribution in [-0.2, 0) is 0 Å². The van der Waals surface area contributed by atoms with Crippen LogP contribution < -0.4 is 29.4 Å². The van der Waals surface area contributed by atoms with Crippen LogP contribution in [0.15, 0.2) is 537 Å². The van der Waals surface area contributed by atoms with Gasteiger partial charge in [0.2, 0.25) is 0 Å². The largest absolute Gasteiger partial charge is 0.456 e. The highest BCUT2D eigenvalue weighted by molar-refractivity contribution is 8.00. The number of benzene rings is 22. The second kappa shape index (κ2) is 36.2. The summed E-state index contributed by atoms with van der Waals surface area (Å²) in [6.45, 7) is 0. The number of hydrogen-bond donors (Lipinski definition) is 0. The summed E-state index contributed by atoms with van der Waals surface area (Å²) in [5.74, 6) is 0. The number of anilines is 18. The van der Waals surface area contributed by atoms with E-state index in [4.69, 9.17) is 4.42 Å². The SMILES string of the molecule is c1ccc(N(c2ccc(-n3c4ccccc4c4ccccc43)cc2)c2ccc3c(c2)Sc2ccccc2N3c2ccc3c(c2)sc2ccccc23)cc1.c1ccc(N(c2ccc3c(c2)Sc2ccccc2N3c2ccc3c(c2)sc2ccccc23)c2ccc3oc4ccccc4c3c2)cc1.c1ccc(N(c2ccc3c(c2)Sc2ccccc2N3c2ccc3c(c2)sc2ccccc23)c2ccc3sc4ccccc4c3c2)cc1. The lowest BCUT2D eigenvalue weighted by molar-refractivity contribution is 0.669. The quantitative estimate of drug-likeness (QED) is 0.111. The van der Waals surface area contributed by atoms with Crippen molar-refractivity contribution in [3.63, 3.8) is 0 Å². The molecule has 694 valence electrons. The van der Waals surface area contributed by atoms with E-state index in [-0.39, 0.29) is 0 Å². The Balaban J connectivity index is 0.000000104. The molecule has 0 fully saturated rings. The Morgan fingerprint density at radius 1 is 0.156 bits per heavy atom. The topological polar surface area (TPSA) is 37.5 Å². The number of rotatable bonds is 13. The van der Waals surface area contributed by atoms with Gasteiger partial charge < -0.3 is 38.4 Å². The average Bonchev–Trinajstić information content (AvgIpc) is 1.42. The number of para-hydroxylation sites is 9. The van der Waals surface area contributed by atoms with Crippen molar-refractivity contribution in [2.75, 3.05) is 29.4 Å². The molecular formula is C132H83N7OS7. The molecule has 0 atom stereocenters. The molecule has 31 rings (SSSR count). The van der Waals surface area contributed by atoms with Crippen LogP contribution in [0.5, 0.6) is 0 Å². The number of thiophene rings is 4. The third kappa shape index (κ3) is 15.2. The van der Waals surface area contributed by atoms with E-state index in [0.29, 0.717) is 0 Å². The van der Waals surface area contributed by atoms with Crippen LogP contribution >= 0.6 is 80.6 Å². The fourth-order valence-electron chi connectivity index (χ4n) is 21.8. The summed E-state index contributed by atoms with van der Waals surface area (Å²) >= 11 is 13.0. The Morgan fingerprint density at radius 3 is 0.850 bits per heavy atom. The molecule has 0 unspecified atom stereocenters. The van der Waals surface area contributed by atoms with Crippen LogP contribution in [-0.4, -0.2) is 4.57 Å². The molecule has 3 aliphatic heterocycles. The molecule has 0 bridgehead atoms. The number of hydrogen-bond acceptors (Lipinski definition) is 14. The smallest absolute Gasteiger partial charge is 0.135 e. The molecule has 0 radical (unpaired) electrons. The number of furan rings is 1. The Kier molecular flexibility index (Phi) is 21.4. The van der Waals surface area contributed by atoms with E-state index in [1.165, 1.54) is 183 Å². The van der Waals surface area contributed by atoms with Crippen molar-refractivity contribution in [1.29, 1.82) is 0 Å². The van der Waals surface area contributed by atoms with Crippen LogP contribution in [0, 0.1) is 0 Å². The first-order chi connectivity index (χ1) is 72.8.